The largest absolute Gasteiger partial charge is 0.484 e. The quantitative estimate of drug-likeness (QED) is 0.735. The summed E-state index contributed by atoms with van der Waals surface area (Å²) in [5.41, 5.74) is 2.68. The highest BCUT2D eigenvalue weighted by molar-refractivity contribution is 6.31. The average Bonchev–Trinajstić information content (AvgIpc) is 3.11. The number of carbonyl (C=O) groups is 1. The van der Waals surface area contributed by atoms with Gasteiger partial charge in [-0.1, -0.05) is 23.7 Å². The van der Waals surface area contributed by atoms with E-state index in [1.165, 1.54) is 6.33 Å². The van der Waals surface area contributed by atoms with Gasteiger partial charge >= 0.3 is 0 Å². The molecular formula is C18H17ClN4O2. The van der Waals surface area contributed by atoms with Crippen molar-refractivity contribution >= 4 is 23.2 Å². The lowest BCUT2D eigenvalue weighted by atomic mass is 10.2. The smallest absolute Gasteiger partial charge is 0.262 e. The summed E-state index contributed by atoms with van der Waals surface area (Å²) in [5.74, 6) is 0.386. The first kappa shape index (κ1) is 17.0. The Bertz CT molecular complexity index is 848. The molecule has 1 heterocycles. The van der Waals surface area contributed by atoms with E-state index in [2.05, 4.69) is 15.4 Å². The van der Waals surface area contributed by atoms with Gasteiger partial charge in [-0.3, -0.25) is 4.79 Å². The van der Waals surface area contributed by atoms with E-state index < -0.39 is 0 Å². The van der Waals surface area contributed by atoms with Crippen LogP contribution in [-0.2, 0) is 11.3 Å². The lowest BCUT2D eigenvalue weighted by Crippen LogP contribution is -2.20. The molecule has 1 aromatic heterocycles. The Morgan fingerprint density at radius 1 is 1.24 bits per heavy atom. The fourth-order valence-electron chi connectivity index (χ4n) is 2.25. The Balaban J connectivity index is 1.51. The number of nitrogens with one attached hydrogen (secondary N) is 1. The van der Waals surface area contributed by atoms with Gasteiger partial charge in [0, 0.05) is 10.7 Å². The predicted octanol–water partition coefficient (Wildman–Crippen LogP) is 3.31. The number of carbonyl (C=O) groups excluding carboxylic acids is 1. The molecule has 7 heteroatoms. The Kier molecular flexibility index (Phi) is 5.30. The summed E-state index contributed by atoms with van der Waals surface area (Å²) in [4.78, 5) is 15.9. The molecule has 0 fully saturated rings. The van der Waals surface area contributed by atoms with E-state index in [1.807, 2.05) is 31.2 Å². The maximum Gasteiger partial charge on any atom is 0.262 e. The molecule has 0 atom stereocenters. The highest BCUT2D eigenvalue weighted by Gasteiger charge is 2.05. The van der Waals surface area contributed by atoms with Crippen LogP contribution < -0.4 is 10.1 Å². The van der Waals surface area contributed by atoms with Crippen LogP contribution in [0.2, 0.25) is 5.02 Å². The van der Waals surface area contributed by atoms with Crippen LogP contribution in [0.4, 0.5) is 5.69 Å². The van der Waals surface area contributed by atoms with E-state index in [9.17, 15) is 4.79 Å². The van der Waals surface area contributed by atoms with Crippen LogP contribution in [0.1, 0.15) is 11.1 Å². The van der Waals surface area contributed by atoms with E-state index in [-0.39, 0.29) is 12.5 Å². The van der Waals surface area contributed by atoms with E-state index in [4.69, 9.17) is 16.3 Å². The second-order valence-corrected chi connectivity index (χ2v) is 5.95. The summed E-state index contributed by atoms with van der Waals surface area (Å²) in [6.45, 7) is 2.45. The molecule has 0 aliphatic heterocycles. The lowest BCUT2D eigenvalue weighted by Gasteiger charge is -2.09. The summed E-state index contributed by atoms with van der Waals surface area (Å²) in [7, 11) is 0. The van der Waals surface area contributed by atoms with Gasteiger partial charge in [0.1, 0.15) is 18.4 Å². The molecule has 1 amide bonds. The van der Waals surface area contributed by atoms with E-state index in [0.717, 1.165) is 11.1 Å². The van der Waals surface area contributed by atoms with Crippen molar-refractivity contribution in [2.75, 3.05) is 11.9 Å². The zero-order chi connectivity index (χ0) is 17.6. The molecule has 0 bridgehead atoms. The van der Waals surface area contributed by atoms with Crippen molar-refractivity contribution in [1.29, 1.82) is 0 Å². The molecule has 6 nitrogen and oxygen atoms in total. The number of ether oxygens (including phenoxy) is 1. The van der Waals surface area contributed by atoms with Crippen molar-refractivity contribution in [2.24, 2.45) is 0 Å². The summed E-state index contributed by atoms with van der Waals surface area (Å²) in [6, 6.07) is 12.8. The third-order valence-electron chi connectivity index (χ3n) is 3.55. The minimum atomic E-state index is -0.225. The van der Waals surface area contributed by atoms with E-state index in [1.54, 1.807) is 29.2 Å². The molecule has 3 rings (SSSR count). The first-order valence-corrected chi connectivity index (χ1v) is 8.08. The van der Waals surface area contributed by atoms with Gasteiger partial charge < -0.3 is 10.1 Å². The molecule has 25 heavy (non-hydrogen) atoms. The van der Waals surface area contributed by atoms with Crippen molar-refractivity contribution in [2.45, 2.75) is 13.5 Å². The number of rotatable bonds is 6. The molecule has 0 saturated heterocycles. The van der Waals surface area contributed by atoms with Crippen molar-refractivity contribution in [3.05, 3.63) is 71.3 Å². The molecular weight excluding hydrogens is 340 g/mol. The zero-order valence-electron chi connectivity index (χ0n) is 13.6. The number of hydrogen-bond acceptors (Lipinski definition) is 4. The Hall–Kier alpha value is -2.86. The fraction of sp³-hybridized carbons (Fsp3) is 0.167. The number of anilines is 1. The lowest BCUT2D eigenvalue weighted by molar-refractivity contribution is -0.118. The van der Waals surface area contributed by atoms with Crippen LogP contribution in [0, 0.1) is 6.92 Å². The summed E-state index contributed by atoms with van der Waals surface area (Å²) < 4.78 is 7.21. The molecule has 1 N–H and O–H groups in total. The van der Waals surface area contributed by atoms with Crippen LogP contribution >= 0.6 is 11.6 Å². The highest BCUT2D eigenvalue weighted by atomic mass is 35.5. The molecule has 2 aromatic carbocycles. The first-order valence-electron chi connectivity index (χ1n) is 7.70. The number of aryl methyl sites for hydroxylation is 1. The Labute approximate surface area is 150 Å². The fourth-order valence-corrected chi connectivity index (χ4v) is 2.37. The molecule has 0 saturated carbocycles. The molecule has 128 valence electrons. The third kappa shape index (κ3) is 4.81. The van der Waals surface area contributed by atoms with Crippen molar-refractivity contribution in [3.8, 4) is 5.75 Å². The number of amides is 1. The SMILES string of the molecule is Cc1cc(OCC(=O)Nc2ccc(Cn3cncn3)cc2)ccc1Cl. The zero-order valence-corrected chi connectivity index (χ0v) is 14.4. The van der Waals surface area contributed by atoms with Gasteiger partial charge in [0.05, 0.1) is 6.54 Å². The number of nitrogens with zero attached hydrogens (tertiary/aromatic N) is 3. The number of halogens is 1. The van der Waals surface area contributed by atoms with Crippen molar-refractivity contribution < 1.29 is 9.53 Å². The van der Waals surface area contributed by atoms with Gasteiger partial charge in [-0.25, -0.2) is 9.67 Å². The maximum atomic E-state index is 12.0. The number of aromatic nitrogens is 3. The summed E-state index contributed by atoms with van der Waals surface area (Å²) in [5, 5.41) is 7.53. The maximum absolute atomic E-state index is 12.0. The number of hydrogen-bond donors (Lipinski definition) is 1. The van der Waals surface area contributed by atoms with Crippen molar-refractivity contribution in [1.82, 2.24) is 14.8 Å². The van der Waals surface area contributed by atoms with E-state index >= 15 is 0 Å². The standard InChI is InChI=1S/C18H17ClN4O2/c1-13-8-16(6-7-17(13)19)25-10-18(24)22-15-4-2-14(3-5-15)9-23-12-20-11-21-23/h2-8,11-12H,9-10H2,1H3,(H,22,24). The third-order valence-corrected chi connectivity index (χ3v) is 3.97. The van der Waals surface area contributed by atoms with Crippen molar-refractivity contribution in [3.63, 3.8) is 0 Å². The van der Waals surface area contributed by atoms with Crippen LogP contribution in [0.5, 0.6) is 5.75 Å². The first-order chi connectivity index (χ1) is 12.1. The second-order valence-electron chi connectivity index (χ2n) is 5.54. The van der Waals surface area contributed by atoms with Gasteiger partial charge in [-0.05, 0) is 48.4 Å². The minimum Gasteiger partial charge on any atom is -0.484 e. The molecule has 0 unspecified atom stereocenters. The van der Waals surface area contributed by atoms with Crippen LogP contribution in [-0.4, -0.2) is 27.3 Å². The molecule has 0 aliphatic carbocycles. The van der Waals surface area contributed by atoms with Gasteiger partial charge in [-0.15, -0.1) is 0 Å². The van der Waals surface area contributed by atoms with Gasteiger partial charge in [0.25, 0.3) is 5.91 Å². The van der Waals surface area contributed by atoms with E-state index in [0.29, 0.717) is 23.0 Å². The highest BCUT2D eigenvalue weighted by Crippen LogP contribution is 2.21. The van der Waals surface area contributed by atoms with Crippen LogP contribution in [0.25, 0.3) is 0 Å². The monoisotopic (exact) mass is 356 g/mol. The predicted molar refractivity (Wildman–Crippen MR) is 95.9 cm³/mol. The molecule has 0 aliphatic rings. The van der Waals surface area contributed by atoms with Gasteiger partial charge in [0.15, 0.2) is 6.61 Å². The van der Waals surface area contributed by atoms with Gasteiger partial charge in [0.2, 0.25) is 0 Å². The Morgan fingerprint density at radius 2 is 2.04 bits per heavy atom. The molecule has 0 radical (unpaired) electrons. The normalized spacial score (nSPS) is 10.5. The van der Waals surface area contributed by atoms with Gasteiger partial charge in [-0.2, -0.15) is 5.10 Å². The average molecular weight is 357 g/mol. The van der Waals surface area contributed by atoms with Crippen LogP contribution in [0.3, 0.4) is 0 Å². The minimum absolute atomic E-state index is 0.0677. The topological polar surface area (TPSA) is 69.0 Å². The molecule has 0 spiro atoms. The summed E-state index contributed by atoms with van der Waals surface area (Å²) >= 11 is 5.96. The molecule has 3 aromatic rings. The Morgan fingerprint density at radius 3 is 2.72 bits per heavy atom. The summed E-state index contributed by atoms with van der Waals surface area (Å²) in [6.07, 6.45) is 3.16. The van der Waals surface area contributed by atoms with Crippen LogP contribution in [0.15, 0.2) is 55.1 Å². The second kappa shape index (κ2) is 7.81. The number of benzene rings is 2.